The first-order valence-corrected chi connectivity index (χ1v) is 14.2. The molecule has 0 aliphatic heterocycles. The molecule has 1 amide bonds. The third kappa shape index (κ3) is 6.62. The number of carbonyl (C=O) groups excluding carboxylic acids is 1. The summed E-state index contributed by atoms with van der Waals surface area (Å²) in [4.78, 5) is 29.6. The minimum atomic E-state index is -4.94. The molecule has 0 saturated heterocycles. The number of hydrogen-bond acceptors (Lipinski definition) is 5. The van der Waals surface area contributed by atoms with E-state index in [-0.39, 0.29) is 28.2 Å². The van der Waals surface area contributed by atoms with Gasteiger partial charge in [-0.1, -0.05) is 37.5 Å². The van der Waals surface area contributed by atoms with Crippen molar-refractivity contribution in [2.45, 2.75) is 82.6 Å². The Morgan fingerprint density at radius 2 is 1.74 bits per heavy atom. The fourth-order valence-corrected chi connectivity index (χ4v) is 6.35. The van der Waals surface area contributed by atoms with Gasteiger partial charge in [0.1, 0.15) is 17.9 Å². The molecule has 1 spiro atoms. The summed E-state index contributed by atoms with van der Waals surface area (Å²) in [5, 5.41) is 0.0538. The maximum absolute atomic E-state index is 14.3. The van der Waals surface area contributed by atoms with E-state index >= 15 is 0 Å². The number of benzene rings is 2. The van der Waals surface area contributed by atoms with E-state index in [1.165, 1.54) is 69.4 Å². The summed E-state index contributed by atoms with van der Waals surface area (Å²) in [6, 6.07) is 6.61. The quantitative estimate of drug-likeness (QED) is 0.328. The van der Waals surface area contributed by atoms with E-state index in [1.807, 2.05) is 0 Å². The van der Waals surface area contributed by atoms with Gasteiger partial charge in [0.2, 0.25) is 0 Å². The van der Waals surface area contributed by atoms with Crippen molar-refractivity contribution >= 4 is 24.7 Å². The summed E-state index contributed by atoms with van der Waals surface area (Å²) >= 11 is 0. The number of phosphoric ester groups is 1. The minimum absolute atomic E-state index is 0.115. The van der Waals surface area contributed by atoms with Crippen LogP contribution in [0.25, 0.3) is 10.8 Å². The zero-order chi connectivity index (χ0) is 27.8. The third-order valence-corrected chi connectivity index (χ3v) is 8.38. The molecule has 8 nitrogen and oxygen atoms in total. The molecular formula is C26H33F3NO7P. The van der Waals surface area contributed by atoms with Crippen LogP contribution in [0.15, 0.2) is 30.3 Å². The number of fused-ring (bicyclic) bond motifs is 1. The Bertz CT molecular complexity index is 1220. The molecule has 2 aliphatic carbocycles. The summed E-state index contributed by atoms with van der Waals surface area (Å²) in [6.45, 7) is 0.515. The third-order valence-electron chi connectivity index (χ3n) is 7.91. The van der Waals surface area contributed by atoms with Crippen molar-refractivity contribution in [3.8, 4) is 5.75 Å². The molecule has 0 aromatic heterocycles. The maximum Gasteiger partial charge on any atom is 0.469 e. The second kappa shape index (κ2) is 10.7. The number of nitrogens with two attached hydrogens (primary N) is 1. The molecule has 0 radical (unpaired) electrons. The second-order valence-corrected chi connectivity index (χ2v) is 11.9. The summed E-state index contributed by atoms with van der Waals surface area (Å²) in [5.74, 6) is -0.233. The highest BCUT2D eigenvalue weighted by Gasteiger charge is 2.40. The zero-order valence-corrected chi connectivity index (χ0v) is 22.0. The Balaban J connectivity index is 1.63. The van der Waals surface area contributed by atoms with Crippen LogP contribution in [0.1, 0.15) is 75.8 Å². The van der Waals surface area contributed by atoms with Crippen molar-refractivity contribution in [1.82, 2.24) is 0 Å². The topological polar surface area (TPSA) is 128 Å². The lowest BCUT2D eigenvalue weighted by Gasteiger charge is -2.43. The second-order valence-electron chi connectivity index (χ2n) is 10.7. The van der Waals surface area contributed by atoms with Crippen molar-refractivity contribution < 1.29 is 46.3 Å². The maximum atomic E-state index is 14.3. The Hall–Kier alpha value is -2.33. The fraction of sp³-hybridized carbons (Fsp3) is 0.577. The van der Waals surface area contributed by atoms with Gasteiger partial charge in [-0.2, -0.15) is 13.2 Å². The van der Waals surface area contributed by atoms with Crippen LogP contribution in [-0.2, 0) is 25.6 Å². The molecule has 2 aromatic rings. The van der Waals surface area contributed by atoms with Gasteiger partial charge in [0, 0.05) is 0 Å². The molecule has 12 heteroatoms. The molecule has 1 atom stereocenters. The van der Waals surface area contributed by atoms with Gasteiger partial charge in [-0.25, -0.2) is 9.36 Å². The van der Waals surface area contributed by atoms with Gasteiger partial charge in [-0.15, -0.1) is 0 Å². The summed E-state index contributed by atoms with van der Waals surface area (Å²) in [5.41, 5.74) is 2.91. The van der Waals surface area contributed by atoms with E-state index in [1.54, 1.807) is 0 Å². The van der Waals surface area contributed by atoms with Crippen molar-refractivity contribution in [2.75, 3.05) is 6.61 Å². The number of halogens is 3. The molecule has 2 aliphatic rings. The first-order valence-electron chi connectivity index (χ1n) is 12.7. The van der Waals surface area contributed by atoms with Gasteiger partial charge in [-0.05, 0) is 79.3 Å². The average molecular weight is 560 g/mol. The molecule has 0 unspecified atom stereocenters. The van der Waals surface area contributed by atoms with Crippen molar-refractivity contribution in [2.24, 2.45) is 11.1 Å². The first-order chi connectivity index (χ1) is 17.7. The van der Waals surface area contributed by atoms with Gasteiger partial charge < -0.3 is 25.0 Å². The van der Waals surface area contributed by atoms with Gasteiger partial charge in [0.15, 0.2) is 5.60 Å². The predicted octanol–water partition coefficient (Wildman–Crippen LogP) is 6.55. The van der Waals surface area contributed by atoms with E-state index in [0.717, 1.165) is 25.7 Å². The molecule has 2 fully saturated rings. The highest BCUT2D eigenvalue weighted by Crippen LogP contribution is 2.49. The Labute approximate surface area is 218 Å². The zero-order valence-electron chi connectivity index (χ0n) is 21.1. The Morgan fingerprint density at radius 1 is 1.08 bits per heavy atom. The van der Waals surface area contributed by atoms with Crippen LogP contribution >= 0.6 is 7.82 Å². The Kier molecular flexibility index (Phi) is 8.06. The van der Waals surface area contributed by atoms with E-state index in [0.29, 0.717) is 5.41 Å². The van der Waals surface area contributed by atoms with E-state index in [9.17, 15) is 22.5 Å². The Morgan fingerprint density at radius 3 is 2.32 bits per heavy atom. The average Bonchev–Trinajstić information content (AvgIpc) is 2.83. The summed E-state index contributed by atoms with van der Waals surface area (Å²) < 4.78 is 69.7. The molecule has 0 bridgehead atoms. The summed E-state index contributed by atoms with van der Waals surface area (Å²) in [7, 11) is -4.94. The van der Waals surface area contributed by atoms with Gasteiger partial charge >= 0.3 is 20.1 Å². The highest BCUT2D eigenvalue weighted by molar-refractivity contribution is 7.46. The largest absolute Gasteiger partial charge is 0.490 e. The van der Waals surface area contributed by atoms with E-state index in [2.05, 4.69) is 4.52 Å². The van der Waals surface area contributed by atoms with Gasteiger partial charge in [0.05, 0.1) is 6.10 Å². The van der Waals surface area contributed by atoms with Crippen molar-refractivity contribution in [1.29, 1.82) is 0 Å². The number of amides is 1. The number of rotatable bonds is 7. The molecular weight excluding hydrogens is 526 g/mol. The SMILES string of the molecule is C[C@@](COP(=O)(O)O)(OC(N)=O)c1ccc2c(C(F)(F)F)c(OC3CCC4(CCCCC4)CC3)ccc2c1. The lowest BCUT2D eigenvalue weighted by atomic mass is 9.65. The normalized spacial score (nSPS) is 20.3. The summed E-state index contributed by atoms with van der Waals surface area (Å²) in [6.07, 6.45) is 3.17. The molecule has 4 rings (SSSR count). The minimum Gasteiger partial charge on any atom is -0.490 e. The number of alkyl halides is 3. The number of carbonyl (C=O) groups is 1. The molecule has 210 valence electrons. The van der Waals surface area contributed by atoms with Crippen LogP contribution in [0.5, 0.6) is 5.75 Å². The lowest BCUT2D eigenvalue weighted by Crippen LogP contribution is -2.36. The van der Waals surface area contributed by atoms with Crippen LogP contribution in [0.3, 0.4) is 0 Å². The molecule has 0 heterocycles. The predicted molar refractivity (Wildman–Crippen MR) is 133 cm³/mol. The lowest BCUT2D eigenvalue weighted by molar-refractivity contribution is -0.138. The number of primary amides is 1. The van der Waals surface area contributed by atoms with Crippen molar-refractivity contribution in [3.05, 3.63) is 41.5 Å². The molecule has 38 heavy (non-hydrogen) atoms. The standard InChI is InChI=1S/C26H33F3NO7P/c1-24(37-23(30)31,16-35-38(32,33)34)18-6-7-20-17(15-18)5-8-21(22(20)26(27,28)29)36-19-9-13-25(14-10-19)11-3-2-4-12-25/h5-8,15,19H,2-4,9-14,16H2,1H3,(H2,30,31)(H2,32,33,34)/t24-/m0/s1. The van der Waals surface area contributed by atoms with Crippen LogP contribution in [0.4, 0.5) is 18.0 Å². The van der Waals surface area contributed by atoms with Crippen LogP contribution in [-0.4, -0.2) is 28.6 Å². The fourth-order valence-electron chi connectivity index (χ4n) is 5.93. The number of phosphoric acid groups is 1. The van der Waals surface area contributed by atoms with Crippen molar-refractivity contribution in [3.63, 3.8) is 0 Å². The first kappa shape index (κ1) is 28.7. The highest BCUT2D eigenvalue weighted by atomic mass is 31.2. The van der Waals surface area contributed by atoms with Crippen LogP contribution < -0.4 is 10.5 Å². The van der Waals surface area contributed by atoms with E-state index in [4.69, 9.17) is 25.0 Å². The van der Waals surface area contributed by atoms with E-state index < -0.39 is 37.9 Å². The van der Waals surface area contributed by atoms with Crippen LogP contribution in [0, 0.1) is 5.41 Å². The smallest absolute Gasteiger partial charge is 0.469 e. The van der Waals surface area contributed by atoms with Crippen LogP contribution in [0.2, 0.25) is 0 Å². The number of ether oxygens (including phenoxy) is 2. The monoisotopic (exact) mass is 559 g/mol. The van der Waals surface area contributed by atoms with Gasteiger partial charge in [0.25, 0.3) is 0 Å². The van der Waals surface area contributed by atoms with Gasteiger partial charge in [-0.3, -0.25) is 4.52 Å². The molecule has 4 N–H and O–H groups in total. The number of hydrogen-bond donors (Lipinski definition) is 3. The molecule has 2 saturated carbocycles. The molecule has 2 aromatic carbocycles.